The summed E-state index contributed by atoms with van der Waals surface area (Å²) in [7, 11) is 0. The molecule has 2 heteroatoms. The average molecular weight is 173 g/mol. The van der Waals surface area contributed by atoms with E-state index in [-0.39, 0.29) is 0 Å². The van der Waals surface area contributed by atoms with E-state index in [1.54, 1.807) is 0 Å². The third-order valence-corrected chi connectivity index (χ3v) is 3.13. The van der Waals surface area contributed by atoms with Gasteiger partial charge < -0.3 is 0 Å². The van der Waals surface area contributed by atoms with Gasteiger partial charge in [0.15, 0.2) is 0 Å². The van der Waals surface area contributed by atoms with E-state index in [1.165, 1.54) is 50.4 Å². The largest absolute Gasteiger partial charge is 0.294 e. The smallest absolute Gasteiger partial charge is 0.0444 e. The second kappa shape index (κ2) is 5.90. The van der Waals surface area contributed by atoms with Gasteiger partial charge >= 0.3 is 0 Å². The molecule has 0 aromatic rings. The maximum Gasteiger partial charge on any atom is 0.0444 e. The molecule has 1 nitrogen and oxygen atoms in total. The normalized spacial score (nSPS) is 21.5. The van der Waals surface area contributed by atoms with Crippen LogP contribution in [-0.2, 0) is 0 Å². The van der Waals surface area contributed by atoms with Crippen molar-refractivity contribution in [3.63, 3.8) is 0 Å². The van der Waals surface area contributed by atoms with Crippen LogP contribution in [0.2, 0.25) is 0 Å². The molecule has 0 radical (unpaired) electrons. The Morgan fingerprint density at radius 1 is 1.09 bits per heavy atom. The van der Waals surface area contributed by atoms with Crippen LogP contribution >= 0.6 is 11.8 Å². The van der Waals surface area contributed by atoms with E-state index in [9.17, 15) is 0 Å². The molecule has 0 aromatic heterocycles. The van der Waals surface area contributed by atoms with Crippen molar-refractivity contribution < 1.29 is 0 Å². The minimum Gasteiger partial charge on any atom is -0.294 e. The van der Waals surface area contributed by atoms with E-state index < -0.39 is 0 Å². The fraction of sp³-hybridized carbons (Fsp3) is 1.00. The summed E-state index contributed by atoms with van der Waals surface area (Å²) in [4.78, 5) is 2.60. The van der Waals surface area contributed by atoms with Gasteiger partial charge in [0.25, 0.3) is 0 Å². The molecule has 0 spiro atoms. The second-order valence-corrected chi connectivity index (χ2v) is 4.40. The summed E-state index contributed by atoms with van der Waals surface area (Å²) in [5, 5.41) is 0. The molecule has 11 heavy (non-hydrogen) atoms. The predicted molar refractivity (Wildman–Crippen MR) is 53.0 cm³/mol. The third kappa shape index (κ3) is 4.02. The van der Waals surface area contributed by atoms with Gasteiger partial charge in [0.05, 0.1) is 0 Å². The molecule has 0 amide bonds. The van der Waals surface area contributed by atoms with Gasteiger partial charge in [-0.1, -0.05) is 19.8 Å². The Kier molecular flexibility index (Phi) is 5.04. The van der Waals surface area contributed by atoms with Crippen molar-refractivity contribution in [2.45, 2.75) is 32.6 Å². The van der Waals surface area contributed by atoms with Crippen LogP contribution in [0.3, 0.4) is 0 Å². The highest BCUT2D eigenvalue weighted by Gasteiger charge is 2.07. The van der Waals surface area contributed by atoms with E-state index in [1.807, 2.05) is 11.8 Å². The Morgan fingerprint density at radius 2 is 1.73 bits per heavy atom. The van der Waals surface area contributed by atoms with Crippen LogP contribution < -0.4 is 0 Å². The number of rotatable bonds is 3. The monoisotopic (exact) mass is 173 g/mol. The van der Waals surface area contributed by atoms with Crippen LogP contribution in [0, 0.1) is 0 Å². The fourth-order valence-corrected chi connectivity index (χ4v) is 2.18. The molecular weight excluding hydrogens is 154 g/mol. The van der Waals surface area contributed by atoms with Crippen molar-refractivity contribution in [3.8, 4) is 0 Å². The lowest BCUT2D eigenvalue weighted by atomic mass is 10.2. The lowest BCUT2D eigenvalue weighted by Crippen LogP contribution is -2.23. The molecule has 0 atom stereocenters. The molecular formula is C9H19NS. The van der Waals surface area contributed by atoms with Crippen LogP contribution in [0.25, 0.3) is 0 Å². The molecule has 66 valence electrons. The molecule has 1 heterocycles. The molecule has 0 bridgehead atoms. The van der Waals surface area contributed by atoms with Gasteiger partial charge in [-0.3, -0.25) is 4.90 Å². The number of nitrogens with zero attached hydrogens (tertiary/aromatic N) is 1. The predicted octanol–water partition coefficient (Wildman–Crippen LogP) is 2.57. The van der Waals surface area contributed by atoms with Gasteiger partial charge in [-0.15, -0.1) is 11.8 Å². The molecule has 0 saturated carbocycles. The highest BCUT2D eigenvalue weighted by atomic mass is 32.2. The van der Waals surface area contributed by atoms with Crippen molar-refractivity contribution in [3.05, 3.63) is 0 Å². The summed E-state index contributed by atoms with van der Waals surface area (Å²) in [5.41, 5.74) is 0. The van der Waals surface area contributed by atoms with E-state index in [0.29, 0.717) is 0 Å². The molecule has 1 aliphatic rings. The topological polar surface area (TPSA) is 3.24 Å². The highest BCUT2D eigenvalue weighted by Crippen LogP contribution is 2.12. The van der Waals surface area contributed by atoms with Crippen LogP contribution in [0.1, 0.15) is 32.6 Å². The zero-order valence-corrected chi connectivity index (χ0v) is 8.33. The summed E-state index contributed by atoms with van der Waals surface area (Å²) in [6, 6.07) is 0. The Morgan fingerprint density at radius 3 is 2.27 bits per heavy atom. The lowest BCUT2D eigenvalue weighted by molar-refractivity contribution is 0.335. The maximum absolute atomic E-state index is 2.60. The first-order valence-corrected chi connectivity index (χ1v) is 5.89. The van der Waals surface area contributed by atoms with Gasteiger partial charge in [0, 0.05) is 5.88 Å². The number of hydrogen-bond donors (Lipinski definition) is 0. The van der Waals surface area contributed by atoms with E-state index in [4.69, 9.17) is 0 Å². The molecule has 0 unspecified atom stereocenters. The quantitative estimate of drug-likeness (QED) is 0.645. The maximum atomic E-state index is 2.60. The Bertz CT molecular complexity index is 87.6. The molecule has 0 aliphatic carbocycles. The SMILES string of the molecule is CCSCN1CCCCCC1. The third-order valence-electron chi connectivity index (χ3n) is 2.18. The van der Waals surface area contributed by atoms with E-state index >= 15 is 0 Å². The van der Waals surface area contributed by atoms with Gasteiger partial charge in [0.2, 0.25) is 0 Å². The van der Waals surface area contributed by atoms with Gasteiger partial charge in [-0.2, -0.15) is 0 Å². The number of likely N-dealkylation sites (tertiary alicyclic amines) is 1. The Balaban J connectivity index is 2.09. The van der Waals surface area contributed by atoms with E-state index in [0.717, 1.165) is 0 Å². The first kappa shape index (κ1) is 9.40. The standard InChI is InChI=1S/C9H19NS/c1-2-11-9-10-7-5-3-4-6-8-10/h2-9H2,1H3. The Hall–Kier alpha value is 0.310. The summed E-state index contributed by atoms with van der Waals surface area (Å²) in [5.74, 6) is 2.52. The fourth-order valence-electron chi connectivity index (χ4n) is 1.49. The zero-order chi connectivity index (χ0) is 7.94. The summed E-state index contributed by atoms with van der Waals surface area (Å²) in [6.07, 6.45) is 5.75. The molecule has 1 fully saturated rings. The van der Waals surface area contributed by atoms with Gasteiger partial charge in [-0.05, 0) is 31.7 Å². The molecule has 1 aliphatic heterocycles. The summed E-state index contributed by atoms with van der Waals surface area (Å²) >= 11 is 2.05. The first-order chi connectivity index (χ1) is 5.43. The molecule has 0 aromatic carbocycles. The molecule has 1 saturated heterocycles. The number of thioether (sulfide) groups is 1. The van der Waals surface area contributed by atoms with Crippen molar-refractivity contribution in [2.24, 2.45) is 0 Å². The average Bonchev–Trinajstić information content (AvgIpc) is 2.28. The van der Waals surface area contributed by atoms with Gasteiger partial charge in [-0.25, -0.2) is 0 Å². The van der Waals surface area contributed by atoms with Gasteiger partial charge in [0.1, 0.15) is 0 Å². The van der Waals surface area contributed by atoms with Crippen LogP contribution in [-0.4, -0.2) is 29.6 Å². The minimum absolute atomic E-state index is 1.26. The van der Waals surface area contributed by atoms with Crippen LogP contribution in [0.15, 0.2) is 0 Å². The van der Waals surface area contributed by atoms with Crippen molar-refractivity contribution >= 4 is 11.8 Å². The lowest BCUT2D eigenvalue weighted by Gasteiger charge is -2.18. The zero-order valence-electron chi connectivity index (χ0n) is 7.51. The molecule has 1 rings (SSSR count). The highest BCUT2D eigenvalue weighted by molar-refractivity contribution is 7.99. The first-order valence-electron chi connectivity index (χ1n) is 4.73. The minimum atomic E-state index is 1.26. The number of hydrogen-bond acceptors (Lipinski definition) is 2. The summed E-state index contributed by atoms with van der Waals surface area (Å²) in [6.45, 7) is 4.92. The van der Waals surface area contributed by atoms with Crippen molar-refractivity contribution in [1.82, 2.24) is 4.90 Å². The van der Waals surface area contributed by atoms with E-state index in [2.05, 4.69) is 11.8 Å². The second-order valence-electron chi connectivity index (χ2n) is 3.15. The van der Waals surface area contributed by atoms with Crippen LogP contribution in [0.4, 0.5) is 0 Å². The van der Waals surface area contributed by atoms with Crippen molar-refractivity contribution in [2.75, 3.05) is 24.7 Å². The summed E-state index contributed by atoms with van der Waals surface area (Å²) < 4.78 is 0. The Labute approximate surface area is 74.5 Å². The van der Waals surface area contributed by atoms with Crippen LogP contribution in [0.5, 0.6) is 0 Å². The van der Waals surface area contributed by atoms with Crippen molar-refractivity contribution in [1.29, 1.82) is 0 Å². The molecule has 0 N–H and O–H groups in total.